The molecule has 4 rings (SSSR count). The Balaban J connectivity index is 1.29. The molecular formula is C28H30N2O6. The fourth-order valence-corrected chi connectivity index (χ4v) is 3.91. The number of H-pyrrole nitrogens is 1. The van der Waals surface area contributed by atoms with Crippen LogP contribution in [0.3, 0.4) is 0 Å². The molecule has 1 aromatic heterocycles. The first kappa shape index (κ1) is 25.1. The highest BCUT2D eigenvalue weighted by atomic mass is 16.5. The molecule has 8 heteroatoms. The number of aromatic amines is 1. The molecule has 0 aliphatic rings. The smallest absolute Gasteiger partial charge is 0.335 e. The van der Waals surface area contributed by atoms with Gasteiger partial charge in [0.25, 0.3) is 0 Å². The van der Waals surface area contributed by atoms with Crippen molar-refractivity contribution in [2.45, 2.75) is 32.1 Å². The first-order valence-electron chi connectivity index (χ1n) is 11.8. The largest absolute Gasteiger partial charge is 0.508 e. The predicted molar refractivity (Wildman–Crippen MR) is 137 cm³/mol. The molecule has 0 saturated carbocycles. The number of aliphatic hydroxyl groups is 1. The molecular weight excluding hydrogens is 460 g/mol. The highest BCUT2D eigenvalue weighted by molar-refractivity contribution is 5.88. The lowest BCUT2D eigenvalue weighted by Gasteiger charge is -2.17. The van der Waals surface area contributed by atoms with Crippen molar-refractivity contribution in [1.29, 1.82) is 0 Å². The highest BCUT2D eigenvalue weighted by Gasteiger charge is 2.13. The van der Waals surface area contributed by atoms with E-state index in [2.05, 4.69) is 17.2 Å². The number of carbonyl (C=O) groups is 1. The minimum absolute atomic E-state index is 0.115. The number of hydrogen-bond donors (Lipinski definition) is 5. The molecule has 0 bridgehead atoms. The molecule has 5 N–H and O–H groups in total. The van der Waals surface area contributed by atoms with Gasteiger partial charge >= 0.3 is 5.97 Å². The van der Waals surface area contributed by atoms with E-state index in [1.165, 1.54) is 12.1 Å². The van der Waals surface area contributed by atoms with Crippen LogP contribution in [0.25, 0.3) is 10.9 Å². The standard InChI is InChI=1S/C28H30N2O6/c1-18(29-15-23(32)17-35-24-11-9-22(31)10-12-24)13-21-14-30-27-25(21)3-2-4-26(27)36-16-19-5-7-20(8-6-19)28(33)34/h2-12,14,18,23,29-32H,13,15-17H2,1H3,(H,33,34). The number of nitrogens with one attached hydrogen (secondary N) is 2. The van der Waals surface area contributed by atoms with Crippen molar-refractivity contribution in [1.82, 2.24) is 10.3 Å². The van der Waals surface area contributed by atoms with Gasteiger partial charge in [0, 0.05) is 24.2 Å². The van der Waals surface area contributed by atoms with E-state index in [0.717, 1.165) is 34.2 Å². The van der Waals surface area contributed by atoms with Crippen LogP contribution in [0.4, 0.5) is 0 Å². The van der Waals surface area contributed by atoms with Gasteiger partial charge in [-0.3, -0.25) is 0 Å². The molecule has 0 aliphatic carbocycles. The van der Waals surface area contributed by atoms with Crippen molar-refractivity contribution in [3.63, 3.8) is 0 Å². The molecule has 3 aromatic carbocycles. The second-order valence-electron chi connectivity index (χ2n) is 8.76. The number of aromatic nitrogens is 1. The fourth-order valence-electron chi connectivity index (χ4n) is 3.91. The third-order valence-corrected chi connectivity index (χ3v) is 5.87. The molecule has 0 radical (unpaired) electrons. The molecule has 36 heavy (non-hydrogen) atoms. The summed E-state index contributed by atoms with van der Waals surface area (Å²) in [6, 6.07) is 19.0. The quantitative estimate of drug-likeness (QED) is 0.202. The van der Waals surface area contributed by atoms with Crippen molar-refractivity contribution in [2.75, 3.05) is 13.2 Å². The summed E-state index contributed by atoms with van der Waals surface area (Å²) in [6.07, 6.45) is 2.06. The fraction of sp³-hybridized carbons (Fsp3) is 0.250. The SMILES string of the molecule is CC(Cc1c[nH]c2c(OCc3ccc(C(=O)O)cc3)cccc12)NCC(O)COc1ccc(O)cc1. The molecule has 0 aliphatic heterocycles. The van der Waals surface area contributed by atoms with Crippen LogP contribution in [0, 0.1) is 0 Å². The van der Waals surface area contributed by atoms with E-state index in [0.29, 0.717) is 18.9 Å². The van der Waals surface area contributed by atoms with Gasteiger partial charge in [-0.25, -0.2) is 4.79 Å². The third kappa shape index (κ3) is 6.56. The van der Waals surface area contributed by atoms with Gasteiger partial charge in [-0.15, -0.1) is 0 Å². The van der Waals surface area contributed by atoms with E-state index < -0.39 is 12.1 Å². The number of phenolic OH excluding ortho intramolecular Hbond substituents is 1. The van der Waals surface area contributed by atoms with E-state index >= 15 is 0 Å². The number of hydrogen-bond acceptors (Lipinski definition) is 6. The van der Waals surface area contributed by atoms with Crippen LogP contribution in [-0.2, 0) is 13.0 Å². The van der Waals surface area contributed by atoms with Gasteiger partial charge in [-0.1, -0.05) is 24.3 Å². The summed E-state index contributed by atoms with van der Waals surface area (Å²) in [5, 5.41) is 33.0. The van der Waals surface area contributed by atoms with Crippen molar-refractivity contribution in [2.24, 2.45) is 0 Å². The highest BCUT2D eigenvalue weighted by Crippen LogP contribution is 2.28. The van der Waals surface area contributed by atoms with Crippen LogP contribution in [0.5, 0.6) is 17.2 Å². The zero-order valence-corrected chi connectivity index (χ0v) is 20.0. The van der Waals surface area contributed by atoms with E-state index in [9.17, 15) is 15.0 Å². The zero-order chi connectivity index (χ0) is 25.5. The topological polar surface area (TPSA) is 124 Å². The number of rotatable bonds is 12. The third-order valence-electron chi connectivity index (χ3n) is 5.87. The lowest BCUT2D eigenvalue weighted by atomic mass is 10.1. The summed E-state index contributed by atoms with van der Waals surface area (Å²) in [5.41, 5.74) is 3.17. The van der Waals surface area contributed by atoms with Gasteiger partial charge in [-0.05, 0) is 66.9 Å². The molecule has 0 saturated heterocycles. The Morgan fingerprint density at radius 2 is 1.78 bits per heavy atom. The molecule has 8 nitrogen and oxygen atoms in total. The summed E-state index contributed by atoms with van der Waals surface area (Å²) in [5.74, 6) is 0.533. The van der Waals surface area contributed by atoms with Gasteiger partial charge in [-0.2, -0.15) is 0 Å². The van der Waals surface area contributed by atoms with Crippen LogP contribution >= 0.6 is 0 Å². The Bertz CT molecular complexity index is 1280. The van der Waals surface area contributed by atoms with Crippen molar-refractivity contribution >= 4 is 16.9 Å². The van der Waals surface area contributed by atoms with Crippen molar-refractivity contribution < 1.29 is 29.6 Å². The Hall–Kier alpha value is -4.01. The minimum Gasteiger partial charge on any atom is -0.508 e. The zero-order valence-electron chi connectivity index (χ0n) is 20.0. The monoisotopic (exact) mass is 490 g/mol. The first-order chi connectivity index (χ1) is 17.4. The summed E-state index contributed by atoms with van der Waals surface area (Å²) in [7, 11) is 0. The maximum Gasteiger partial charge on any atom is 0.335 e. The average Bonchev–Trinajstić information content (AvgIpc) is 3.29. The summed E-state index contributed by atoms with van der Waals surface area (Å²) in [4.78, 5) is 14.3. The lowest BCUT2D eigenvalue weighted by Crippen LogP contribution is -2.37. The number of para-hydroxylation sites is 1. The predicted octanol–water partition coefficient (Wildman–Crippen LogP) is 4.11. The number of aromatic carboxylic acids is 1. The molecule has 0 fully saturated rings. The van der Waals surface area contributed by atoms with E-state index in [1.807, 2.05) is 24.4 Å². The molecule has 0 amide bonds. The number of fused-ring (bicyclic) bond motifs is 1. The van der Waals surface area contributed by atoms with Gasteiger partial charge in [0.15, 0.2) is 0 Å². The Labute approximate surface area is 209 Å². The maximum atomic E-state index is 11.0. The first-order valence-corrected chi connectivity index (χ1v) is 11.8. The number of phenols is 1. The van der Waals surface area contributed by atoms with Gasteiger partial charge in [0.2, 0.25) is 0 Å². The second-order valence-corrected chi connectivity index (χ2v) is 8.76. The van der Waals surface area contributed by atoms with Crippen LogP contribution in [0.1, 0.15) is 28.4 Å². The summed E-state index contributed by atoms with van der Waals surface area (Å²) >= 11 is 0. The number of aliphatic hydroxyl groups excluding tert-OH is 1. The molecule has 0 spiro atoms. The number of ether oxygens (including phenoxy) is 2. The lowest BCUT2D eigenvalue weighted by molar-refractivity contribution is 0.0696. The van der Waals surface area contributed by atoms with Crippen LogP contribution < -0.4 is 14.8 Å². The van der Waals surface area contributed by atoms with E-state index in [-0.39, 0.29) is 24.0 Å². The van der Waals surface area contributed by atoms with Crippen LogP contribution in [0.2, 0.25) is 0 Å². The van der Waals surface area contributed by atoms with Crippen molar-refractivity contribution in [3.05, 3.63) is 89.6 Å². The van der Waals surface area contributed by atoms with Gasteiger partial charge < -0.3 is 35.1 Å². The Morgan fingerprint density at radius 1 is 1.03 bits per heavy atom. The van der Waals surface area contributed by atoms with Gasteiger partial charge in [0.05, 0.1) is 11.1 Å². The molecule has 1 heterocycles. The van der Waals surface area contributed by atoms with Gasteiger partial charge in [0.1, 0.15) is 36.6 Å². The molecule has 188 valence electrons. The molecule has 2 unspecified atom stereocenters. The summed E-state index contributed by atoms with van der Waals surface area (Å²) < 4.78 is 11.6. The normalized spacial score (nSPS) is 12.8. The Morgan fingerprint density at radius 3 is 2.50 bits per heavy atom. The Kier molecular flexibility index (Phi) is 8.10. The average molecular weight is 491 g/mol. The maximum absolute atomic E-state index is 11.0. The number of aromatic hydroxyl groups is 1. The van der Waals surface area contributed by atoms with Crippen LogP contribution in [-0.4, -0.2) is 51.6 Å². The van der Waals surface area contributed by atoms with Crippen molar-refractivity contribution in [3.8, 4) is 17.2 Å². The number of benzene rings is 3. The van der Waals surface area contributed by atoms with E-state index in [4.69, 9.17) is 14.6 Å². The number of carboxylic acid groups (broad SMARTS) is 1. The summed E-state index contributed by atoms with van der Waals surface area (Å²) in [6.45, 7) is 2.93. The minimum atomic E-state index is -0.952. The van der Waals surface area contributed by atoms with E-state index in [1.54, 1.807) is 36.4 Å². The molecule has 4 aromatic rings. The molecule has 2 atom stereocenters. The number of carboxylic acids is 1. The second kappa shape index (κ2) is 11.6. The van der Waals surface area contributed by atoms with Crippen LogP contribution in [0.15, 0.2) is 72.9 Å².